The smallest absolute Gasteiger partial charge is 0.259 e. The highest BCUT2D eigenvalue weighted by Gasteiger charge is 2.37. The monoisotopic (exact) mass is 284 g/mol. The third-order valence-corrected chi connectivity index (χ3v) is 3.82. The second kappa shape index (κ2) is 5.95. The van der Waals surface area contributed by atoms with Gasteiger partial charge in [0.1, 0.15) is 0 Å². The van der Waals surface area contributed by atoms with Gasteiger partial charge < -0.3 is 5.32 Å². The minimum atomic E-state index is -0.271. The van der Waals surface area contributed by atoms with Crippen LogP contribution in [-0.4, -0.2) is 23.3 Å². The summed E-state index contributed by atoms with van der Waals surface area (Å²) in [5.74, 6) is -0.0778. The number of hydrogen-bond acceptors (Lipinski definition) is 2. The third-order valence-electron chi connectivity index (χ3n) is 3.82. The standard InChI is InChI=1S/C17H20N2O2/c1-5-7-15(12(3)18-10-20)19-13(4)16-11(2)8-6-9-14(16)17(19)21/h6,8-10,15H,3-5,7H2,1-2H3,(H,18,20). The van der Waals surface area contributed by atoms with Gasteiger partial charge in [-0.2, -0.15) is 0 Å². The quantitative estimate of drug-likeness (QED) is 0.817. The minimum absolute atomic E-state index is 0.0778. The fourth-order valence-electron chi connectivity index (χ4n) is 2.84. The number of carbonyl (C=O) groups excluding carboxylic acids is 2. The molecule has 1 aromatic rings. The second-order valence-electron chi connectivity index (χ2n) is 5.21. The molecule has 1 unspecified atom stereocenters. The van der Waals surface area contributed by atoms with Gasteiger partial charge in [-0.15, -0.1) is 0 Å². The summed E-state index contributed by atoms with van der Waals surface area (Å²) in [7, 11) is 0. The Kier molecular flexibility index (Phi) is 4.26. The fraction of sp³-hybridized carbons (Fsp3) is 0.294. The lowest BCUT2D eigenvalue weighted by molar-refractivity contribution is -0.109. The van der Waals surface area contributed by atoms with Crippen molar-refractivity contribution in [2.45, 2.75) is 32.7 Å². The molecule has 0 aromatic heterocycles. The van der Waals surface area contributed by atoms with E-state index in [9.17, 15) is 9.59 Å². The number of hydrogen-bond donors (Lipinski definition) is 1. The molecule has 0 saturated carbocycles. The Hall–Kier alpha value is -2.36. The Bertz CT molecular complexity index is 619. The van der Waals surface area contributed by atoms with Crippen molar-refractivity contribution in [1.29, 1.82) is 0 Å². The summed E-state index contributed by atoms with van der Waals surface area (Å²) >= 11 is 0. The Labute approximate surface area is 125 Å². The molecule has 110 valence electrons. The zero-order valence-electron chi connectivity index (χ0n) is 12.5. The maximum absolute atomic E-state index is 12.7. The van der Waals surface area contributed by atoms with Crippen LogP contribution in [0.4, 0.5) is 0 Å². The number of nitrogens with zero attached hydrogens (tertiary/aromatic N) is 1. The van der Waals surface area contributed by atoms with Crippen molar-refractivity contribution in [3.05, 3.63) is 53.7 Å². The van der Waals surface area contributed by atoms with Gasteiger partial charge in [0.15, 0.2) is 0 Å². The first-order valence-electron chi connectivity index (χ1n) is 7.04. The highest BCUT2D eigenvalue weighted by molar-refractivity contribution is 6.09. The first-order valence-corrected chi connectivity index (χ1v) is 7.04. The summed E-state index contributed by atoms with van der Waals surface area (Å²) in [6.07, 6.45) is 2.18. The van der Waals surface area contributed by atoms with E-state index in [2.05, 4.69) is 18.5 Å². The number of carbonyl (C=O) groups is 2. The molecule has 4 nitrogen and oxygen atoms in total. The summed E-state index contributed by atoms with van der Waals surface area (Å²) in [6, 6.07) is 5.38. The molecule has 1 atom stereocenters. The highest BCUT2D eigenvalue weighted by Crippen LogP contribution is 2.37. The topological polar surface area (TPSA) is 49.4 Å². The van der Waals surface area contributed by atoms with Crippen LogP contribution in [0.1, 0.15) is 41.3 Å². The van der Waals surface area contributed by atoms with Gasteiger partial charge in [-0.3, -0.25) is 14.5 Å². The summed E-state index contributed by atoms with van der Waals surface area (Å²) in [5.41, 5.74) is 3.78. The van der Waals surface area contributed by atoms with Crippen molar-refractivity contribution in [3.63, 3.8) is 0 Å². The maximum atomic E-state index is 12.7. The highest BCUT2D eigenvalue weighted by atomic mass is 16.2. The molecular weight excluding hydrogens is 264 g/mol. The van der Waals surface area contributed by atoms with Crippen LogP contribution in [-0.2, 0) is 4.79 Å². The van der Waals surface area contributed by atoms with Gasteiger partial charge >= 0.3 is 0 Å². The van der Waals surface area contributed by atoms with Crippen molar-refractivity contribution in [2.24, 2.45) is 0 Å². The Morgan fingerprint density at radius 3 is 2.76 bits per heavy atom. The van der Waals surface area contributed by atoms with Crippen LogP contribution in [0.5, 0.6) is 0 Å². The zero-order valence-corrected chi connectivity index (χ0v) is 12.5. The molecule has 1 aliphatic rings. The molecule has 0 fully saturated rings. The van der Waals surface area contributed by atoms with Crippen LogP contribution in [0, 0.1) is 6.92 Å². The van der Waals surface area contributed by atoms with E-state index in [-0.39, 0.29) is 11.9 Å². The van der Waals surface area contributed by atoms with Crippen molar-refractivity contribution in [1.82, 2.24) is 10.2 Å². The summed E-state index contributed by atoms with van der Waals surface area (Å²) in [4.78, 5) is 25.0. The summed E-state index contributed by atoms with van der Waals surface area (Å²) in [6.45, 7) is 12.0. The number of benzene rings is 1. The number of amides is 2. The summed E-state index contributed by atoms with van der Waals surface area (Å²) < 4.78 is 0. The van der Waals surface area contributed by atoms with Crippen LogP contribution >= 0.6 is 0 Å². The van der Waals surface area contributed by atoms with Crippen LogP contribution in [0.3, 0.4) is 0 Å². The third kappa shape index (κ3) is 2.49. The van der Waals surface area contributed by atoms with Crippen LogP contribution < -0.4 is 5.32 Å². The molecular formula is C17H20N2O2. The molecule has 1 heterocycles. The number of aryl methyl sites for hydroxylation is 1. The second-order valence-corrected chi connectivity index (χ2v) is 5.21. The molecule has 21 heavy (non-hydrogen) atoms. The molecule has 1 aliphatic heterocycles. The van der Waals surface area contributed by atoms with Gasteiger partial charge in [-0.1, -0.05) is 38.6 Å². The van der Waals surface area contributed by atoms with E-state index < -0.39 is 0 Å². The van der Waals surface area contributed by atoms with E-state index in [1.54, 1.807) is 4.90 Å². The van der Waals surface area contributed by atoms with Crippen LogP contribution in [0.15, 0.2) is 37.1 Å². The lowest BCUT2D eigenvalue weighted by Gasteiger charge is -2.30. The molecule has 2 rings (SSSR count). The van der Waals surface area contributed by atoms with Crippen LogP contribution in [0.25, 0.3) is 5.70 Å². The Morgan fingerprint density at radius 1 is 1.48 bits per heavy atom. The van der Waals surface area contributed by atoms with Crippen molar-refractivity contribution >= 4 is 18.0 Å². The van der Waals surface area contributed by atoms with E-state index in [0.29, 0.717) is 23.4 Å². The van der Waals surface area contributed by atoms with Gasteiger partial charge in [0, 0.05) is 22.5 Å². The minimum Gasteiger partial charge on any atom is -0.331 e. The Balaban J connectivity index is 2.43. The van der Waals surface area contributed by atoms with Crippen molar-refractivity contribution in [3.8, 4) is 0 Å². The zero-order chi connectivity index (χ0) is 15.6. The average Bonchev–Trinajstić information content (AvgIpc) is 2.70. The first kappa shape index (κ1) is 15.0. The van der Waals surface area contributed by atoms with E-state index in [1.165, 1.54) is 0 Å². The SMILES string of the molecule is C=C(NC=O)C(CCC)N1C(=C)c2c(C)cccc2C1=O. The lowest BCUT2D eigenvalue weighted by atomic mass is 10.0. The Morgan fingerprint density at radius 2 is 2.19 bits per heavy atom. The van der Waals surface area contributed by atoms with Gasteiger partial charge in [-0.05, 0) is 25.0 Å². The van der Waals surface area contributed by atoms with Gasteiger partial charge in [0.25, 0.3) is 5.91 Å². The number of rotatable bonds is 6. The van der Waals surface area contributed by atoms with Crippen LogP contribution in [0.2, 0.25) is 0 Å². The van der Waals surface area contributed by atoms with Gasteiger partial charge in [-0.25, -0.2) is 0 Å². The van der Waals surface area contributed by atoms with E-state index >= 15 is 0 Å². The fourth-order valence-corrected chi connectivity index (χ4v) is 2.84. The summed E-state index contributed by atoms with van der Waals surface area (Å²) in [5, 5.41) is 2.58. The molecule has 0 bridgehead atoms. The molecule has 0 aliphatic carbocycles. The molecule has 0 radical (unpaired) electrons. The van der Waals surface area contributed by atoms with E-state index in [4.69, 9.17) is 0 Å². The van der Waals surface area contributed by atoms with Gasteiger partial charge in [0.2, 0.25) is 6.41 Å². The molecule has 1 aromatic carbocycles. The molecule has 4 heteroatoms. The van der Waals surface area contributed by atoms with Crippen molar-refractivity contribution in [2.75, 3.05) is 0 Å². The van der Waals surface area contributed by atoms with Crippen molar-refractivity contribution < 1.29 is 9.59 Å². The largest absolute Gasteiger partial charge is 0.331 e. The maximum Gasteiger partial charge on any atom is 0.259 e. The normalized spacial score (nSPS) is 14.9. The van der Waals surface area contributed by atoms with E-state index in [0.717, 1.165) is 24.0 Å². The molecule has 2 amide bonds. The predicted octanol–water partition coefficient (Wildman–Crippen LogP) is 2.85. The molecule has 1 N–H and O–H groups in total. The van der Waals surface area contributed by atoms with E-state index in [1.807, 2.05) is 32.0 Å². The predicted molar refractivity (Wildman–Crippen MR) is 83.4 cm³/mol. The van der Waals surface area contributed by atoms with Gasteiger partial charge in [0.05, 0.1) is 6.04 Å². The lowest BCUT2D eigenvalue weighted by Crippen LogP contribution is -2.39. The number of nitrogens with one attached hydrogen (secondary N) is 1. The first-order chi connectivity index (χ1) is 10.0. The number of fused-ring (bicyclic) bond motifs is 1. The average molecular weight is 284 g/mol. The molecule has 0 spiro atoms. The molecule has 0 saturated heterocycles.